The van der Waals surface area contributed by atoms with Crippen LogP contribution >= 0.6 is 23.4 Å². The molecule has 0 fully saturated rings. The summed E-state index contributed by atoms with van der Waals surface area (Å²) in [5.41, 5.74) is 4.54. The quantitative estimate of drug-likeness (QED) is 0.159. The van der Waals surface area contributed by atoms with Gasteiger partial charge < -0.3 is 9.52 Å². The van der Waals surface area contributed by atoms with Gasteiger partial charge >= 0.3 is 12.1 Å². The van der Waals surface area contributed by atoms with Crippen LogP contribution in [0, 0.1) is 6.92 Å². The molecule has 2 aromatic heterocycles. The van der Waals surface area contributed by atoms with Gasteiger partial charge in [0.05, 0.1) is 12.3 Å². The highest BCUT2D eigenvalue weighted by Crippen LogP contribution is 2.33. The number of halogens is 4. The van der Waals surface area contributed by atoms with E-state index in [1.54, 1.807) is 12.4 Å². The van der Waals surface area contributed by atoms with Crippen LogP contribution in [0.4, 0.5) is 13.2 Å². The van der Waals surface area contributed by atoms with Gasteiger partial charge in [-0.05, 0) is 64.2 Å². The van der Waals surface area contributed by atoms with Crippen LogP contribution in [0.25, 0.3) is 21.9 Å². The van der Waals surface area contributed by atoms with Gasteiger partial charge in [-0.15, -0.1) is 11.8 Å². The number of hydrogen-bond acceptors (Lipinski definition) is 5. The van der Waals surface area contributed by atoms with Crippen LogP contribution in [0.15, 0.2) is 94.5 Å². The molecule has 0 saturated heterocycles. The molecular formula is C32H26ClF3N2O3S. The van der Waals surface area contributed by atoms with Crippen molar-refractivity contribution in [3.8, 4) is 11.1 Å². The van der Waals surface area contributed by atoms with Crippen molar-refractivity contribution < 1.29 is 27.5 Å². The number of pyridine rings is 1. The first-order chi connectivity index (χ1) is 20.1. The number of rotatable bonds is 10. The number of carbonyl (C=O) groups is 1. The van der Waals surface area contributed by atoms with Gasteiger partial charge in [-0.1, -0.05) is 60.1 Å². The van der Waals surface area contributed by atoms with E-state index in [9.17, 15) is 18.0 Å². The first kappa shape index (κ1) is 29.7. The molecule has 0 spiro atoms. The second kappa shape index (κ2) is 12.6. The van der Waals surface area contributed by atoms with Gasteiger partial charge in [0, 0.05) is 41.0 Å². The Hall–Kier alpha value is -3.79. The summed E-state index contributed by atoms with van der Waals surface area (Å²) in [5.74, 6) is -1.81. The van der Waals surface area contributed by atoms with E-state index >= 15 is 0 Å². The normalized spacial score (nSPS) is 11.9. The average Bonchev–Trinajstić information content (AvgIpc) is 3.44. The lowest BCUT2D eigenvalue weighted by Gasteiger charge is -2.24. The summed E-state index contributed by atoms with van der Waals surface area (Å²) in [6.45, 7) is 2.98. The number of fused-ring (bicyclic) bond motifs is 1. The zero-order valence-electron chi connectivity index (χ0n) is 22.5. The number of furan rings is 1. The number of aromatic nitrogens is 1. The van der Waals surface area contributed by atoms with E-state index in [2.05, 4.69) is 11.1 Å². The molecule has 216 valence electrons. The van der Waals surface area contributed by atoms with E-state index in [-0.39, 0.29) is 18.1 Å². The smallest absolute Gasteiger partial charge is 0.449 e. The second-order valence-corrected chi connectivity index (χ2v) is 11.3. The van der Waals surface area contributed by atoms with Crippen molar-refractivity contribution in [3.63, 3.8) is 0 Å². The first-order valence-electron chi connectivity index (χ1n) is 13.0. The Labute approximate surface area is 249 Å². The molecule has 1 N–H and O–H groups in total. The standard InChI is InChI=1S/C32H26ClF3N2O3S/c1-20-6-7-21-4-2-3-5-27(21)28(20)18-38(17-25-10-11-30(41-25)32(34,35)36)16-23-9-8-22(13-29(23)33)24-12-26(15-37-14-24)42-19-31(39)40/h2-15H,16-19H2,1H3,(H,39,40). The molecule has 42 heavy (non-hydrogen) atoms. The maximum absolute atomic E-state index is 13.2. The Morgan fingerprint density at radius 3 is 2.52 bits per heavy atom. The highest BCUT2D eigenvalue weighted by atomic mass is 35.5. The van der Waals surface area contributed by atoms with Gasteiger partial charge in [-0.25, -0.2) is 0 Å². The van der Waals surface area contributed by atoms with Crippen molar-refractivity contribution in [3.05, 3.63) is 118 Å². The van der Waals surface area contributed by atoms with Crippen molar-refractivity contribution >= 4 is 40.1 Å². The lowest BCUT2D eigenvalue weighted by Crippen LogP contribution is -2.23. The molecule has 0 atom stereocenters. The molecule has 0 unspecified atom stereocenters. The van der Waals surface area contributed by atoms with Gasteiger partial charge in [-0.2, -0.15) is 13.2 Å². The fourth-order valence-corrected chi connectivity index (χ4v) is 5.65. The number of carboxylic acids is 1. The molecular weight excluding hydrogens is 585 g/mol. The third-order valence-corrected chi connectivity index (χ3v) is 8.13. The number of aliphatic carboxylic acids is 1. The lowest BCUT2D eigenvalue weighted by atomic mass is 9.99. The Morgan fingerprint density at radius 2 is 1.79 bits per heavy atom. The summed E-state index contributed by atoms with van der Waals surface area (Å²) < 4.78 is 44.9. The number of hydrogen-bond donors (Lipinski definition) is 1. The first-order valence-corrected chi connectivity index (χ1v) is 14.4. The fourth-order valence-electron chi connectivity index (χ4n) is 4.78. The summed E-state index contributed by atoms with van der Waals surface area (Å²) in [7, 11) is 0. The minimum Gasteiger partial charge on any atom is -0.481 e. The minimum absolute atomic E-state index is 0.0725. The molecule has 0 aliphatic heterocycles. The molecule has 3 aromatic carbocycles. The van der Waals surface area contributed by atoms with E-state index < -0.39 is 17.9 Å². The Balaban J connectivity index is 1.44. The van der Waals surface area contributed by atoms with Crippen LogP contribution in [0.3, 0.4) is 0 Å². The van der Waals surface area contributed by atoms with Gasteiger partial charge in [0.1, 0.15) is 5.76 Å². The summed E-state index contributed by atoms with van der Waals surface area (Å²) in [5, 5.41) is 11.6. The molecule has 0 saturated carbocycles. The summed E-state index contributed by atoms with van der Waals surface area (Å²) >= 11 is 7.94. The number of benzene rings is 3. The molecule has 0 aliphatic rings. The third kappa shape index (κ3) is 7.15. The van der Waals surface area contributed by atoms with Gasteiger partial charge in [0.15, 0.2) is 0 Å². The van der Waals surface area contributed by atoms with Crippen LogP contribution in [-0.4, -0.2) is 26.7 Å². The van der Waals surface area contributed by atoms with Crippen LogP contribution in [0.5, 0.6) is 0 Å². The molecule has 5 nitrogen and oxygen atoms in total. The van der Waals surface area contributed by atoms with Crippen molar-refractivity contribution in [2.24, 2.45) is 0 Å². The summed E-state index contributed by atoms with van der Waals surface area (Å²) in [6, 6.07) is 21.9. The predicted octanol–water partition coefficient (Wildman–Crippen LogP) is 8.85. The van der Waals surface area contributed by atoms with Crippen LogP contribution in [0.1, 0.15) is 28.2 Å². The SMILES string of the molecule is Cc1ccc2ccccc2c1CN(Cc1ccc(C(F)(F)F)o1)Cc1ccc(-c2cncc(SCC(=O)O)c2)cc1Cl. The molecule has 10 heteroatoms. The van der Waals surface area contributed by atoms with Crippen LogP contribution < -0.4 is 0 Å². The maximum atomic E-state index is 13.2. The minimum atomic E-state index is -4.56. The summed E-state index contributed by atoms with van der Waals surface area (Å²) in [6.07, 6.45) is -1.27. The Kier molecular flexibility index (Phi) is 8.91. The van der Waals surface area contributed by atoms with Crippen molar-refractivity contribution in [1.82, 2.24) is 9.88 Å². The maximum Gasteiger partial charge on any atom is 0.449 e. The third-order valence-electron chi connectivity index (χ3n) is 6.83. The molecule has 5 aromatic rings. The average molecular weight is 611 g/mol. The molecule has 0 radical (unpaired) electrons. The Bertz CT molecular complexity index is 1740. The highest BCUT2D eigenvalue weighted by Gasteiger charge is 2.35. The molecule has 5 rings (SSSR count). The van der Waals surface area contributed by atoms with Crippen molar-refractivity contribution in [2.75, 3.05) is 5.75 Å². The van der Waals surface area contributed by atoms with E-state index in [1.165, 1.54) is 17.8 Å². The van der Waals surface area contributed by atoms with E-state index in [1.807, 2.05) is 66.4 Å². The number of aryl methyl sites for hydroxylation is 1. The second-order valence-electron chi connectivity index (χ2n) is 9.89. The molecule has 0 bridgehead atoms. The van der Waals surface area contributed by atoms with E-state index in [0.29, 0.717) is 18.1 Å². The topological polar surface area (TPSA) is 66.6 Å². The van der Waals surface area contributed by atoms with E-state index in [4.69, 9.17) is 21.1 Å². The predicted molar refractivity (Wildman–Crippen MR) is 158 cm³/mol. The van der Waals surface area contributed by atoms with Crippen molar-refractivity contribution in [2.45, 2.75) is 37.6 Å². The Morgan fingerprint density at radius 1 is 0.976 bits per heavy atom. The van der Waals surface area contributed by atoms with Crippen molar-refractivity contribution in [1.29, 1.82) is 0 Å². The fraction of sp³-hybridized carbons (Fsp3) is 0.188. The number of carboxylic acid groups (broad SMARTS) is 1. The summed E-state index contributed by atoms with van der Waals surface area (Å²) in [4.78, 5) is 17.9. The van der Waals surface area contributed by atoms with Gasteiger partial charge in [-0.3, -0.25) is 14.7 Å². The largest absolute Gasteiger partial charge is 0.481 e. The monoisotopic (exact) mass is 610 g/mol. The molecule has 0 aliphatic carbocycles. The number of alkyl halides is 3. The van der Waals surface area contributed by atoms with Gasteiger partial charge in [0.25, 0.3) is 0 Å². The zero-order valence-corrected chi connectivity index (χ0v) is 24.1. The lowest BCUT2D eigenvalue weighted by molar-refractivity contribution is -0.153. The zero-order chi connectivity index (χ0) is 29.9. The molecule has 0 amide bonds. The molecule has 2 heterocycles. The van der Waals surface area contributed by atoms with Crippen LogP contribution in [0.2, 0.25) is 5.02 Å². The highest BCUT2D eigenvalue weighted by molar-refractivity contribution is 8.00. The van der Waals surface area contributed by atoms with Gasteiger partial charge in [0.2, 0.25) is 5.76 Å². The van der Waals surface area contributed by atoms with Crippen LogP contribution in [-0.2, 0) is 30.6 Å². The number of thioether (sulfide) groups is 1. The van der Waals surface area contributed by atoms with E-state index in [0.717, 1.165) is 49.6 Å². The number of nitrogens with zero attached hydrogens (tertiary/aromatic N) is 2.